The van der Waals surface area contributed by atoms with Gasteiger partial charge in [-0.2, -0.15) is 0 Å². The molecule has 1 aromatic rings. The lowest BCUT2D eigenvalue weighted by molar-refractivity contribution is -0.141. The highest BCUT2D eigenvalue weighted by atomic mass is 16.4. The monoisotopic (exact) mass is 571 g/mol. The number of nitrogens with zero attached hydrogens (tertiary/aromatic N) is 1. The second-order valence-electron chi connectivity index (χ2n) is 11.6. The maximum atomic E-state index is 13.9. The van der Waals surface area contributed by atoms with Crippen LogP contribution in [0.25, 0.3) is 0 Å². The molecule has 1 heterocycles. The zero-order chi connectivity index (χ0) is 30.4. The summed E-state index contributed by atoms with van der Waals surface area (Å²) in [5, 5.41) is 16.8. The molecule has 0 radical (unpaired) electrons. The van der Waals surface area contributed by atoms with Crippen LogP contribution in [0.15, 0.2) is 42.5 Å². The number of carbonyl (C=O) groups excluding carboxylic acids is 3. The molecule has 10 heteroatoms. The van der Waals surface area contributed by atoms with Crippen molar-refractivity contribution in [2.24, 2.45) is 17.6 Å². The highest BCUT2D eigenvalue weighted by Gasteiger charge is 2.38. The third-order valence-corrected chi connectivity index (χ3v) is 7.05. The largest absolute Gasteiger partial charge is 0.465 e. The number of unbranched alkanes of at least 4 members (excludes halogenated alkanes) is 1. The van der Waals surface area contributed by atoms with Crippen molar-refractivity contribution in [2.75, 3.05) is 13.1 Å². The van der Waals surface area contributed by atoms with E-state index in [-0.39, 0.29) is 36.3 Å². The summed E-state index contributed by atoms with van der Waals surface area (Å²) in [7, 11) is 0. The minimum Gasteiger partial charge on any atom is -0.465 e. The Morgan fingerprint density at radius 3 is 2.39 bits per heavy atom. The smallest absolute Gasteiger partial charge is 0.404 e. The van der Waals surface area contributed by atoms with Crippen molar-refractivity contribution in [3.05, 3.63) is 48.0 Å². The van der Waals surface area contributed by atoms with E-state index in [1.807, 2.05) is 56.3 Å². The first-order chi connectivity index (χ1) is 19.5. The molecule has 3 unspecified atom stereocenters. The summed E-state index contributed by atoms with van der Waals surface area (Å²) in [4.78, 5) is 52.6. The minimum absolute atomic E-state index is 0.104. The molecule has 4 amide bonds. The molecule has 228 valence electrons. The average molecular weight is 572 g/mol. The number of carbonyl (C=O) groups is 4. The normalized spacial score (nSPS) is 17.4. The zero-order valence-corrected chi connectivity index (χ0v) is 25.0. The number of nitrogens with two attached hydrogens (primary N) is 1. The van der Waals surface area contributed by atoms with E-state index in [0.29, 0.717) is 51.0 Å². The number of hydrogen-bond donors (Lipinski definition) is 5. The Morgan fingerprint density at radius 2 is 1.76 bits per heavy atom. The average Bonchev–Trinajstić information content (AvgIpc) is 3.39. The topological polar surface area (TPSA) is 154 Å². The van der Waals surface area contributed by atoms with Crippen LogP contribution in [-0.4, -0.2) is 71.1 Å². The molecule has 4 atom stereocenters. The van der Waals surface area contributed by atoms with Crippen LogP contribution in [0, 0.1) is 11.8 Å². The third-order valence-electron chi connectivity index (χ3n) is 7.05. The molecular weight excluding hydrogens is 522 g/mol. The maximum absolute atomic E-state index is 13.9. The first-order valence-corrected chi connectivity index (χ1v) is 14.8. The molecule has 0 spiro atoms. The van der Waals surface area contributed by atoms with Crippen molar-refractivity contribution < 1.29 is 24.3 Å². The lowest BCUT2D eigenvalue weighted by Gasteiger charge is -2.29. The Hall–Kier alpha value is -3.40. The van der Waals surface area contributed by atoms with Crippen LogP contribution in [0.3, 0.4) is 0 Å². The predicted molar refractivity (Wildman–Crippen MR) is 160 cm³/mol. The van der Waals surface area contributed by atoms with Gasteiger partial charge in [-0.15, -0.1) is 0 Å². The van der Waals surface area contributed by atoms with E-state index >= 15 is 0 Å². The zero-order valence-electron chi connectivity index (χ0n) is 25.0. The van der Waals surface area contributed by atoms with Crippen LogP contribution in [0.1, 0.15) is 71.8 Å². The highest BCUT2D eigenvalue weighted by Crippen LogP contribution is 2.23. The summed E-state index contributed by atoms with van der Waals surface area (Å²) in [5.74, 6) is -0.797. The van der Waals surface area contributed by atoms with Crippen LogP contribution < -0.4 is 21.7 Å². The molecule has 1 aliphatic rings. The summed E-state index contributed by atoms with van der Waals surface area (Å²) in [6.07, 6.45) is 6.67. The molecule has 41 heavy (non-hydrogen) atoms. The molecule has 6 N–H and O–H groups in total. The number of rotatable bonds is 16. The molecule has 1 aliphatic heterocycles. The molecule has 1 saturated heterocycles. The Labute approximate surface area is 244 Å². The van der Waals surface area contributed by atoms with E-state index in [2.05, 4.69) is 29.8 Å². The van der Waals surface area contributed by atoms with Gasteiger partial charge in [0.15, 0.2) is 0 Å². The summed E-state index contributed by atoms with van der Waals surface area (Å²) in [6.45, 7) is 8.64. The third kappa shape index (κ3) is 12.3. The SMILES string of the molecule is CC(C)CC(N)/C=C/C(Cc1ccccc1)C(=O)N1CCC[C@H]1C(=O)NC(CCCCNC(=O)O)C(=O)NC(C)C. The van der Waals surface area contributed by atoms with Crippen molar-refractivity contribution in [3.8, 4) is 0 Å². The molecule has 10 nitrogen and oxygen atoms in total. The van der Waals surface area contributed by atoms with Crippen molar-refractivity contribution >= 4 is 23.8 Å². The Kier molecular flexibility index (Phi) is 14.4. The lowest BCUT2D eigenvalue weighted by Crippen LogP contribution is -2.54. The van der Waals surface area contributed by atoms with Gasteiger partial charge in [-0.05, 0) is 70.3 Å². The molecule has 0 bridgehead atoms. The molecule has 0 aliphatic carbocycles. The van der Waals surface area contributed by atoms with Gasteiger partial charge in [0.05, 0.1) is 5.92 Å². The van der Waals surface area contributed by atoms with E-state index < -0.39 is 24.1 Å². The molecule has 1 aromatic carbocycles. The van der Waals surface area contributed by atoms with Crippen molar-refractivity contribution in [1.82, 2.24) is 20.9 Å². The Balaban J connectivity index is 2.16. The number of amides is 4. The summed E-state index contributed by atoms with van der Waals surface area (Å²) in [6, 6.07) is 8.08. The van der Waals surface area contributed by atoms with Gasteiger partial charge in [0.25, 0.3) is 0 Å². The van der Waals surface area contributed by atoms with E-state index in [1.54, 1.807) is 4.90 Å². The minimum atomic E-state index is -1.10. The van der Waals surface area contributed by atoms with Gasteiger partial charge in [0.1, 0.15) is 12.1 Å². The van der Waals surface area contributed by atoms with Crippen molar-refractivity contribution in [2.45, 2.75) is 96.8 Å². The fraction of sp³-hybridized carbons (Fsp3) is 0.613. The molecule has 2 rings (SSSR count). The molecule has 1 fully saturated rings. The Morgan fingerprint density at radius 1 is 1.05 bits per heavy atom. The van der Waals surface area contributed by atoms with Crippen molar-refractivity contribution in [3.63, 3.8) is 0 Å². The number of nitrogens with one attached hydrogen (secondary N) is 3. The molecule has 0 saturated carbocycles. The number of hydrogen-bond acceptors (Lipinski definition) is 5. The quantitative estimate of drug-likeness (QED) is 0.152. The van der Waals surface area contributed by atoms with E-state index in [4.69, 9.17) is 10.8 Å². The standard InChI is InChI=1S/C31H49N5O5/c1-21(2)19-25(32)16-15-24(20-23-11-6-5-7-12-23)30(39)36-18-10-14-27(36)29(38)35-26(28(37)34-22(3)4)13-8-9-17-33-31(40)41/h5-7,11-12,15-16,21-22,24-27,33H,8-10,13-14,17-20,32H2,1-4H3,(H,34,37)(H,35,38)(H,40,41)/b16-15+/t24?,25?,26?,27-/m0/s1. The van der Waals surface area contributed by atoms with Crippen LogP contribution >= 0.6 is 0 Å². The highest BCUT2D eigenvalue weighted by molar-refractivity contribution is 5.93. The second-order valence-corrected chi connectivity index (χ2v) is 11.6. The van der Waals surface area contributed by atoms with E-state index in [0.717, 1.165) is 12.0 Å². The molecule has 0 aromatic heterocycles. The first-order valence-electron chi connectivity index (χ1n) is 14.8. The summed E-state index contributed by atoms with van der Waals surface area (Å²) in [5.41, 5.74) is 7.31. The van der Waals surface area contributed by atoms with Gasteiger partial charge >= 0.3 is 6.09 Å². The van der Waals surface area contributed by atoms with E-state index in [9.17, 15) is 19.2 Å². The van der Waals surface area contributed by atoms with Gasteiger partial charge in [-0.25, -0.2) is 4.79 Å². The fourth-order valence-electron chi connectivity index (χ4n) is 5.11. The number of benzene rings is 1. The molecular formula is C31H49N5O5. The summed E-state index contributed by atoms with van der Waals surface area (Å²) < 4.78 is 0. The van der Waals surface area contributed by atoms with Crippen LogP contribution in [0.5, 0.6) is 0 Å². The number of likely N-dealkylation sites (tertiary alicyclic amines) is 1. The van der Waals surface area contributed by atoms with Gasteiger partial charge < -0.3 is 31.7 Å². The first kappa shape index (κ1) is 33.8. The van der Waals surface area contributed by atoms with Crippen LogP contribution in [-0.2, 0) is 20.8 Å². The predicted octanol–water partition coefficient (Wildman–Crippen LogP) is 3.21. The summed E-state index contributed by atoms with van der Waals surface area (Å²) >= 11 is 0. The van der Waals surface area contributed by atoms with Crippen LogP contribution in [0.4, 0.5) is 4.79 Å². The fourth-order valence-corrected chi connectivity index (χ4v) is 5.11. The van der Waals surface area contributed by atoms with Gasteiger partial charge in [-0.3, -0.25) is 14.4 Å². The lowest BCUT2D eigenvalue weighted by atomic mass is 9.95. The van der Waals surface area contributed by atoms with Gasteiger partial charge in [0, 0.05) is 25.2 Å². The van der Waals surface area contributed by atoms with Gasteiger partial charge in [0.2, 0.25) is 17.7 Å². The Bertz CT molecular complexity index is 1010. The van der Waals surface area contributed by atoms with Gasteiger partial charge in [-0.1, -0.05) is 56.3 Å². The van der Waals surface area contributed by atoms with Crippen LogP contribution in [0.2, 0.25) is 0 Å². The van der Waals surface area contributed by atoms with Crippen molar-refractivity contribution in [1.29, 1.82) is 0 Å². The van der Waals surface area contributed by atoms with E-state index in [1.165, 1.54) is 0 Å². The second kappa shape index (κ2) is 17.4. The number of carboxylic acid groups (broad SMARTS) is 1. The maximum Gasteiger partial charge on any atom is 0.404 e.